The summed E-state index contributed by atoms with van der Waals surface area (Å²) in [6.07, 6.45) is 1.11. The summed E-state index contributed by atoms with van der Waals surface area (Å²) in [6, 6.07) is 11.2. The Morgan fingerprint density at radius 1 is 0.893 bits per heavy atom. The van der Waals surface area contributed by atoms with Gasteiger partial charge in [0.2, 0.25) is 5.91 Å². The van der Waals surface area contributed by atoms with Gasteiger partial charge in [-0.15, -0.1) is 0 Å². The maximum atomic E-state index is 13.7. The molecular formula is C19H15F2N5O2. The summed E-state index contributed by atoms with van der Waals surface area (Å²) in [5.74, 6) is -2.26. The van der Waals surface area contributed by atoms with Crippen LogP contribution in [0.1, 0.15) is 17.4 Å². The van der Waals surface area contributed by atoms with Crippen molar-refractivity contribution in [1.82, 2.24) is 9.97 Å². The summed E-state index contributed by atoms with van der Waals surface area (Å²) in [5.41, 5.74) is 0.694. The molecule has 1 aromatic heterocycles. The van der Waals surface area contributed by atoms with Gasteiger partial charge in [0, 0.05) is 24.4 Å². The first-order chi connectivity index (χ1) is 13.4. The molecule has 2 aromatic carbocycles. The van der Waals surface area contributed by atoms with Crippen LogP contribution in [0.2, 0.25) is 0 Å². The number of hydrogen-bond acceptors (Lipinski definition) is 5. The van der Waals surface area contributed by atoms with E-state index in [-0.39, 0.29) is 23.1 Å². The second kappa shape index (κ2) is 8.21. The standard InChI is InChI=1S/C19H15F2N5O2/c1-11(27)24-12-5-7-13(8-6-12)25-19(28)16-9-17(23-10-22-16)26-18-14(20)3-2-4-15(18)21/h2-10H,1H3,(H,24,27)(H,25,28)(H,22,23,26). The van der Waals surface area contributed by atoms with Gasteiger partial charge in [-0.3, -0.25) is 9.59 Å². The number of nitrogens with zero attached hydrogens (tertiary/aromatic N) is 2. The smallest absolute Gasteiger partial charge is 0.274 e. The average molecular weight is 383 g/mol. The minimum absolute atomic E-state index is 0.000171. The number of rotatable bonds is 5. The highest BCUT2D eigenvalue weighted by atomic mass is 19.1. The zero-order chi connectivity index (χ0) is 20.1. The summed E-state index contributed by atoms with van der Waals surface area (Å²) < 4.78 is 27.5. The number of anilines is 4. The molecule has 9 heteroatoms. The van der Waals surface area contributed by atoms with Crippen LogP contribution in [-0.4, -0.2) is 21.8 Å². The fourth-order valence-electron chi connectivity index (χ4n) is 2.33. The van der Waals surface area contributed by atoms with Gasteiger partial charge in [-0.25, -0.2) is 18.7 Å². The van der Waals surface area contributed by atoms with Gasteiger partial charge in [0.05, 0.1) is 0 Å². The Balaban J connectivity index is 1.72. The number of halogens is 2. The third-order valence-electron chi connectivity index (χ3n) is 3.58. The molecule has 0 bridgehead atoms. The van der Waals surface area contributed by atoms with Crippen molar-refractivity contribution in [1.29, 1.82) is 0 Å². The van der Waals surface area contributed by atoms with E-state index in [1.54, 1.807) is 24.3 Å². The Morgan fingerprint density at radius 2 is 1.50 bits per heavy atom. The Morgan fingerprint density at radius 3 is 2.11 bits per heavy atom. The van der Waals surface area contributed by atoms with Gasteiger partial charge >= 0.3 is 0 Å². The van der Waals surface area contributed by atoms with E-state index in [0.717, 1.165) is 18.5 Å². The molecule has 0 unspecified atom stereocenters. The highest BCUT2D eigenvalue weighted by Crippen LogP contribution is 2.22. The van der Waals surface area contributed by atoms with Crippen LogP contribution in [0, 0.1) is 11.6 Å². The van der Waals surface area contributed by atoms with Gasteiger partial charge in [0.1, 0.15) is 35.2 Å². The third-order valence-corrected chi connectivity index (χ3v) is 3.58. The van der Waals surface area contributed by atoms with E-state index in [2.05, 4.69) is 25.9 Å². The fourth-order valence-corrected chi connectivity index (χ4v) is 2.33. The first-order valence-corrected chi connectivity index (χ1v) is 8.14. The van der Waals surface area contributed by atoms with Crippen molar-refractivity contribution < 1.29 is 18.4 Å². The number of benzene rings is 2. The average Bonchev–Trinajstić information content (AvgIpc) is 2.66. The maximum Gasteiger partial charge on any atom is 0.274 e. The summed E-state index contributed by atoms with van der Waals surface area (Å²) in [7, 11) is 0. The molecule has 142 valence electrons. The van der Waals surface area contributed by atoms with Crippen molar-refractivity contribution in [2.45, 2.75) is 6.92 Å². The number of para-hydroxylation sites is 1. The van der Waals surface area contributed by atoms with Crippen molar-refractivity contribution >= 4 is 34.7 Å². The van der Waals surface area contributed by atoms with Gasteiger partial charge in [0.15, 0.2) is 0 Å². The molecule has 7 nitrogen and oxygen atoms in total. The molecule has 0 fully saturated rings. The van der Waals surface area contributed by atoms with Gasteiger partial charge in [0.25, 0.3) is 5.91 Å². The summed E-state index contributed by atoms with van der Waals surface area (Å²) >= 11 is 0. The predicted molar refractivity (Wildman–Crippen MR) is 100 cm³/mol. The largest absolute Gasteiger partial charge is 0.335 e. The van der Waals surface area contributed by atoms with E-state index in [4.69, 9.17) is 0 Å². The number of carbonyl (C=O) groups is 2. The van der Waals surface area contributed by atoms with Crippen LogP contribution < -0.4 is 16.0 Å². The summed E-state index contributed by atoms with van der Waals surface area (Å²) in [6.45, 7) is 1.39. The van der Waals surface area contributed by atoms with Gasteiger partial charge in [-0.2, -0.15) is 0 Å². The Labute approximate surface area is 158 Å². The molecule has 2 amide bonds. The lowest BCUT2D eigenvalue weighted by molar-refractivity contribution is -0.114. The van der Waals surface area contributed by atoms with Crippen molar-refractivity contribution in [3.63, 3.8) is 0 Å². The second-order valence-corrected chi connectivity index (χ2v) is 5.72. The lowest BCUT2D eigenvalue weighted by Gasteiger charge is -2.09. The molecule has 0 spiro atoms. The molecule has 28 heavy (non-hydrogen) atoms. The predicted octanol–water partition coefficient (Wildman–Crippen LogP) is 3.71. The molecule has 0 saturated carbocycles. The lowest BCUT2D eigenvalue weighted by atomic mass is 10.2. The topological polar surface area (TPSA) is 96.0 Å². The highest BCUT2D eigenvalue weighted by Gasteiger charge is 2.13. The van der Waals surface area contributed by atoms with Crippen LogP contribution in [0.15, 0.2) is 54.9 Å². The highest BCUT2D eigenvalue weighted by molar-refractivity contribution is 6.03. The van der Waals surface area contributed by atoms with E-state index >= 15 is 0 Å². The van der Waals surface area contributed by atoms with E-state index < -0.39 is 17.5 Å². The molecule has 0 aliphatic heterocycles. The number of nitrogens with one attached hydrogen (secondary N) is 3. The Hall–Kier alpha value is -3.88. The molecule has 1 heterocycles. The van der Waals surface area contributed by atoms with E-state index in [9.17, 15) is 18.4 Å². The molecule has 0 aliphatic carbocycles. The van der Waals surface area contributed by atoms with Crippen LogP contribution in [0.4, 0.5) is 31.7 Å². The van der Waals surface area contributed by atoms with Crippen LogP contribution in [0.5, 0.6) is 0 Å². The fraction of sp³-hybridized carbons (Fsp3) is 0.0526. The monoisotopic (exact) mass is 383 g/mol. The molecule has 3 rings (SSSR count). The minimum atomic E-state index is -0.788. The zero-order valence-electron chi connectivity index (χ0n) is 14.7. The SMILES string of the molecule is CC(=O)Nc1ccc(NC(=O)c2cc(Nc3c(F)cccc3F)ncn2)cc1. The van der Waals surface area contributed by atoms with E-state index in [1.165, 1.54) is 19.1 Å². The number of carbonyl (C=O) groups excluding carboxylic acids is 2. The summed E-state index contributed by atoms with van der Waals surface area (Å²) in [4.78, 5) is 31.1. The molecule has 3 N–H and O–H groups in total. The first kappa shape index (κ1) is 18.9. The zero-order valence-corrected chi connectivity index (χ0v) is 14.7. The van der Waals surface area contributed by atoms with Crippen LogP contribution in [0.25, 0.3) is 0 Å². The minimum Gasteiger partial charge on any atom is -0.335 e. The quantitative estimate of drug-likeness (QED) is 0.624. The molecular weight excluding hydrogens is 368 g/mol. The molecule has 3 aromatic rings. The maximum absolute atomic E-state index is 13.7. The van der Waals surface area contributed by atoms with Crippen LogP contribution in [0.3, 0.4) is 0 Å². The van der Waals surface area contributed by atoms with Gasteiger partial charge in [-0.05, 0) is 36.4 Å². The summed E-state index contributed by atoms with van der Waals surface area (Å²) in [5, 5.41) is 7.75. The van der Waals surface area contributed by atoms with Crippen molar-refractivity contribution in [2.24, 2.45) is 0 Å². The number of hydrogen-bond donors (Lipinski definition) is 3. The van der Waals surface area contributed by atoms with E-state index in [1.807, 2.05) is 0 Å². The molecule has 0 aliphatic rings. The normalized spacial score (nSPS) is 10.2. The Kier molecular flexibility index (Phi) is 5.54. The second-order valence-electron chi connectivity index (χ2n) is 5.72. The number of aromatic nitrogens is 2. The van der Waals surface area contributed by atoms with Crippen molar-refractivity contribution in [3.05, 3.63) is 72.2 Å². The van der Waals surface area contributed by atoms with Crippen molar-refractivity contribution in [2.75, 3.05) is 16.0 Å². The van der Waals surface area contributed by atoms with E-state index in [0.29, 0.717) is 11.4 Å². The first-order valence-electron chi connectivity index (χ1n) is 8.14. The lowest BCUT2D eigenvalue weighted by Crippen LogP contribution is -2.14. The van der Waals surface area contributed by atoms with Gasteiger partial charge < -0.3 is 16.0 Å². The van der Waals surface area contributed by atoms with Crippen molar-refractivity contribution in [3.8, 4) is 0 Å². The van der Waals surface area contributed by atoms with Crippen LogP contribution in [-0.2, 0) is 4.79 Å². The number of amides is 2. The van der Waals surface area contributed by atoms with Crippen LogP contribution >= 0.6 is 0 Å². The Bertz CT molecular complexity index is 1000. The molecule has 0 atom stereocenters. The molecule has 0 radical (unpaired) electrons. The van der Waals surface area contributed by atoms with Gasteiger partial charge in [-0.1, -0.05) is 6.07 Å². The third kappa shape index (κ3) is 4.64. The molecule has 0 saturated heterocycles.